The van der Waals surface area contributed by atoms with Crippen molar-refractivity contribution in [3.05, 3.63) is 53.6 Å². The van der Waals surface area contributed by atoms with Gasteiger partial charge >= 0.3 is 0 Å². The van der Waals surface area contributed by atoms with E-state index in [2.05, 4.69) is 37.3 Å². The summed E-state index contributed by atoms with van der Waals surface area (Å²) >= 11 is 1.58. The first-order valence-corrected chi connectivity index (χ1v) is 6.05. The maximum atomic E-state index is 9.05. The zero-order chi connectivity index (χ0) is 12.3. The maximum absolute atomic E-state index is 9.05. The van der Waals surface area contributed by atoms with E-state index < -0.39 is 0 Å². The highest BCUT2D eigenvalue weighted by molar-refractivity contribution is 7.99. The van der Waals surface area contributed by atoms with E-state index in [1.807, 2.05) is 12.1 Å². The monoisotopic (exact) mass is 240 g/mol. The van der Waals surface area contributed by atoms with Gasteiger partial charge in [0.25, 0.3) is 0 Å². The third-order valence-electron chi connectivity index (χ3n) is 2.37. The summed E-state index contributed by atoms with van der Waals surface area (Å²) in [6, 6.07) is 15.8. The minimum atomic E-state index is 0.620. The third-order valence-corrected chi connectivity index (χ3v) is 3.46. The second kappa shape index (κ2) is 4.94. The summed E-state index contributed by atoms with van der Waals surface area (Å²) in [6.07, 6.45) is 0. The van der Waals surface area contributed by atoms with E-state index in [9.17, 15) is 0 Å². The molecule has 2 N–H and O–H groups in total. The molecule has 0 radical (unpaired) electrons. The highest BCUT2D eigenvalue weighted by atomic mass is 32.2. The first kappa shape index (κ1) is 11.6. The van der Waals surface area contributed by atoms with Gasteiger partial charge in [0.2, 0.25) is 0 Å². The first-order chi connectivity index (χ1) is 8.19. The van der Waals surface area contributed by atoms with E-state index in [0.717, 1.165) is 9.79 Å². The zero-order valence-corrected chi connectivity index (χ0v) is 10.3. The van der Waals surface area contributed by atoms with Crippen LogP contribution in [0.25, 0.3) is 0 Å². The highest BCUT2D eigenvalue weighted by Crippen LogP contribution is 2.31. The Bertz CT molecular complexity index is 568. The molecule has 2 aromatic carbocycles. The van der Waals surface area contributed by atoms with Gasteiger partial charge in [0, 0.05) is 15.5 Å². The van der Waals surface area contributed by atoms with Crippen LogP contribution in [0.2, 0.25) is 0 Å². The molecule has 3 heteroatoms. The Labute approximate surface area is 105 Å². The van der Waals surface area contributed by atoms with Gasteiger partial charge in [-0.3, -0.25) is 0 Å². The van der Waals surface area contributed by atoms with Crippen molar-refractivity contribution in [3.8, 4) is 6.07 Å². The molecule has 0 aromatic heterocycles. The number of nitrogens with zero attached hydrogens (tertiary/aromatic N) is 1. The number of aryl methyl sites for hydroxylation is 1. The molecule has 0 amide bonds. The average Bonchev–Trinajstić information content (AvgIpc) is 2.34. The molecular weight excluding hydrogens is 228 g/mol. The van der Waals surface area contributed by atoms with E-state index in [-0.39, 0.29) is 0 Å². The van der Waals surface area contributed by atoms with E-state index in [1.165, 1.54) is 5.56 Å². The van der Waals surface area contributed by atoms with Crippen molar-refractivity contribution >= 4 is 17.4 Å². The summed E-state index contributed by atoms with van der Waals surface area (Å²) < 4.78 is 0. The summed E-state index contributed by atoms with van der Waals surface area (Å²) in [5, 5.41) is 9.05. The lowest BCUT2D eigenvalue weighted by Crippen LogP contribution is -1.88. The fraction of sp³-hybridized carbons (Fsp3) is 0.0714. The minimum absolute atomic E-state index is 0.620. The predicted molar refractivity (Wildman–Crippen MR) is 70.9 cm³/mol. The molecule has 2 rings (SSSR count). The lowest BCUT2D eigenvalue weighted by molar-refractivity contribution is 1.34. The molecule has 2 nitrogen and oxygen atoms in total. The number of benzene rings is 2. The number of nitriles is 1. The minimum Gasteiger partial charge on any atom is -0.399 e. The molecule has 0 aliphatic carbocycles. The van der Waals surface area contributed by atoms with Gasteiger partial charge in [0.1, 0.15) is 6.07 Å². The Morgan fingerprint density at radius 2 is 1.82 bits per heavy atom. The van der Waals surface area contributed by atoms with Crippen molar-refractivity contribution in [2.75, 3.05) is 5.73 Å². The van der Waals surface area contributed by atoms with Crippen LogP contribution in [0, 0.1) is 18.3 Å². The van der Waals surface area contributed by atoms with Crippen LogP contribution in [-0.4, -0.2) is 0 Å². The van der Waals surface area contributed by atoms with E-state index in [4.69, 9.17) is 11.0 Å². The van der Waals surface area contributed by atoms with Crippen LogP contribution in [0.1, 0.15) is 11.1 Å². The van der Waals surface area contributed by atoms with Crippen LogP contribution < -0.4 is 5.73 Å². The van der Waals surface area contributed by atoms with Crippen molar-refractivity contribution in [1.29, 1.82) is 5.26 Å². The first-order valence-electron chi connectivity index (χ1n) is 5.23. The molecule has 0 fully saturated rings. The molecule has 0 aliphatic heterocycles. The molecule has 0 atom stereocenters. The maximum Gasteiger partial charge on any atom is 0.100 e. The highest BCUT2D eigenvalue weighted by Gasteiger charge is 2.04. The van der Waals surface area contributed by atoms with Crippen molar-refractivity contribution in [2.45, 2.75) is 16.7 Å². The van der Waals surface area contributed by atoms with Crippen molar-refractivity contribution in [3.63, 3.8) is 0 Å². The quantitative estimate of drug-likeness (QED) is 0.816. The number of nitrogen functional groups attached to an aromatic ring is 1. The molecule has 0 saturated carbocycles. The largest absolute Gasteiger partial charge is 0.399 e. The van der Waals surface area contributed by atoms with Gasteiger partial charge in [-0.15, -0.1) is 0 Å². The Kier molecular flexibility index (Phi) is 3.36. The summed E-state index contributed by atoms with van der Waals surface area (Å²) in [4.78, 5) is 2.06. The number of hydrogen-bond donors (Lipinski definition) is 1. The molecule has 0 aliphatic rings. The summed E-state index contributed by atoms with van der Waals surface area (Å²) in [5.41, 5.74) is 8.13. The Morgan fingerprint density at radius 1 is 1.12 bits per heavy atom. The van der Waals surface area contributed by atoms with Crippen LogP contribution >= 0.6 is 11.8 Å². The van der Waals surface area contributed by atoms with Gasteiger partial charge in [-0.2, -0.15) is 5.26 Å². The molecule has 0 spiro atoms. The zero-order valence-electron chi connectivity index (χ0n) is 9.47. The van der Waals surface area contributed by atoms with Crippen molar-refractivity contribution < 1.29 is 0 Å². The standard InChI is InChI=1S/C14H12N2S/c1-10-2-5-13(6-3-10)17-14-7-4-12(16)8-11(14)9-15/h2-8H,16H2,1H3. The Morgan fingerprint density at radius 3 is 2.47 bits per heavy atom. The second-order valence-corrected chi connectivity index (χ2v) is 4.90. The molecule has 0 saturated heterocycles. The summed E-state index contributed by atoms with van der Waals surface area (Å²) in [5.74, 6) is 0. The van der Waals surface area contributed by atoms with Crippen LogP contribution in [0.4, 0.5) is 5.69 Å². The smallest absolute Gasteiger partial charge is 0.100 e. The predicted octanol–water partition coefficient (Wildman–Crippen LogP) is 3.60. The lowest BCUT2D eigenvalue weighted by atomic mass is 10.2. The fourth-order valence-corrected chi connectivity index (χ4v) is 2.33. The topological polar surface area (TPSA) is 49.8 Å². The number of anilines is 1. The van der Waals surface area contributed by atoms with Crippen LogP contribution in [0.15, 0.2) is 52.3 Å². The van der Waals surface area contributed by atoms with Gasteiger partial charge in [-0.05, 0) is 37.3 Å². The summed E-state index contributed by atoms with van der Waals surface area (Å²) in [6.45, 7) is 2.05. The normalized spacial score (nSPS) is 9.88. The second-order valence-electron chi connectivity index (χ2n) is 3.78. The van der Waals surface area contributed by atoms with Crippen LogP contribution in [-0.2, 0) is 0 Å². The van der Waals surface area contributed by atoms with Crippen LogP contribution in [0.3, 0.4) is 0 Å². The molecule has 0 heterocycles. The third kappa shape index (κ3) is 2.80. The lowest BCUT2D eigenvalue weighted by Gasteiger charge is -2.05. The molecule has 0 unspecified atom stereocenters. The Balaban J connectivity index is 2.30. The molecule has 0 bridgehead atoms. The van der Waals surface area contributed by atoms with Gasteiger partial charge in [-0.25, -0.2) is 0 Å². The van der Waals surface area contributed by atoms with Gasteiger partial charge in [-0.1, -0.05) is 29.5 Å². The number of hydrogen-bond acceptors (Lipinski definition) is 3. The van der Waals surface area contributed by atoms with Crippen molar-refractivity contribution in [2.24, 2.45) is 0 Å². The number of rotatable bonds is 2. The van der Waals surface area contributed by atoms with Gasteiger partial charge in [0.05, 0.1) is 5.56 Å². The van der Waals surface area contributed by atoms with E-state index in [0.29, 0.717) is 11.3 Å². The molecule has 2 aromatic rings. The molecular formula is C14H12N2S. The molecule has 17 heavy (non-hydrogen) atoms. The molecule has 84 valence electrons. The van der Waals surface area contributed by atoms with E-state index in [1.54, 1.807) is 17.8 Å². The van der Waals surface area contributed by atoms with Crippen molar-refractivity contribution in [1.82, 2.24) is 0 Å². The van der Waals surface area contributed by atoms with Gasteiger partial charge in [0.15, 0.2) is 0 Å². The SMILES string of the molecule is Cc1ccc(Sc2ccc(N)cc2C#N)cc1. The Hall–Kier alpha value is -1.92. The van der Waals surface area contributed by atoms with E-state index >= 15 is 0 Å². The van der Waals surface area contributed by atoms with Gasteiger partial charge < -0.3 is 5.73 Å². The van der Waals surface area contributed by atoms with Crippen LogP contribution in [0.5, 0.6) is 0 Å². The summed E-state index contributed by atoms with van der Waals surface area (Å²) in [7, 11) is 0. The fourth-order valence-electron chi connectivity index (χ4n) is 1.46. The number of nitrogens with two attached hydrogens (primary N) is 1. The average molecular weight is 240 g/mol.